The normalized spacial score (nSPS) is 13.6. The van der Waals surface area contributed by atoms with Crippen LogP contribution in [0.3, 0.4) is 0 Å². The molecule has 1 aliphatic heterocycles. The molecule has 0 amide bonds. The highest BCUT2D eigenvalue weighted by Gasteiger charge is 2.29. The average molecular weight is 523 g/mol. The molecule has 0 bridgehead atoms. The molecule has 3 aromatic heterocycles. The van der Waals surface area contributed by atoms with Crippen molar-refractivity contribution >= 4 is 27.6 Å². The van der Waals surface area contributed by atoms with Crippen molar-refractivity contribution in [2.24, 2.45) is 0 Å². The first-order valence-electron chi connectivity index (χ1n) is 14.1. The van der Waals surface area contributed by atoms with Crippen molar-refractivity contribution in [3.05, 3.63) is 127 Å². The number of fused-ring (bicyclic) bond motifs is 10. The maximum atomic E-state index is 6.59. The second-order valence-corrected chi connectivity index (χ2v) is 11.9. The number of aryl methyl sites for hydroxylation is 2. The molecule has 3 nitrogen and oxygen atoms in total. The highest BCUT2D eigenvalue weighted by Crippen LogP contribution is 2.38. The summed E-state index contributed by atoms with van der Waals surface area (Å²) < 4.78 is 11.2. The topological polar surface area (TPSA) is 20.9 Å². The summed E-state index contributed by atoms with van der Waals surface area (Å²) in [6.07, 6.45) is 6.20. The molecule has 6 aromatic rings. The third-order valence-electron chi connectivity index (χ3n) is 8.30. The molecular weight excluding hydrogens is 488 g/mol. The van der Waals surface area contributed by atoms with Gasteiger partial charge >= 0.3 is 0 Å². The standard InChI is InChI=1S/C37H34N2O/c1-25-24-38-21-10-9-14-32(38)35-27(18-19-31-30-13-7-8-15-34(30)40-36(31)35)17-16-26-11-5-6-12-29(26)33-23-28(37(2,3)4)20-22-39(25)33/h5-15,18-23H,1,16-17,24H2,2-4H3/q+2. The molecule has 3 aromatic carbocycles. The zero-order valence-electron chi connectivity index (χ0n) is 23.4. The van der Waals surface area contributed by atoms with Crippen LogP contribution in [-0.4, -0.2) is 0 Å². The van der Waals surface area contributed by atoms with Gasteiger partial charge in [0.15, 0.2) is 12.4 Å². The summed E-state index contributed by atoms with van der Waals surface area (Å²) in [4.78, 5) is 0. The Labute approximate surface area is 235 Å². The first-order chi connectivity index (χ1) is 19.4. The summed E-state index contributed by atoms with van der Waals surface area (Å²) in [5.41, 5.74) is 11.7. The van der Waals surface area contributed by atoms with E-state index in [-0.39, 0.29) is 5.41 Å². The van der Waals surface area contributed by atoms with Crippen LogP contribution in [0.4, 0.5) is 0 Å². The van der Waals surface area contributed by atoms with E-state index in [0.717, 1.165) is 46.2 Å². The molecule has 7 rings (SSSR count). The molecule has 0 N–H and O–H groups in total. The Bertz CT molecular complexity index is 1940. The lowest BCUT2D eigenvalue weighted by Crippen LogP contribution is -2.45. The molecule has 0 aliphatic carbocycles. The second-order valence-electron chi connectivity index (χ2n) is 11.9. The Morgan fingerprint density at radius 2 is 1.50 bits per heavy atom. The van der Waals surface area contributed by atoms with Crippen LogP contribution in [0, 0.1) is 0 Å². The van der Waals surface area contributed by atoms with Crippen LogP contribution in [0.5, 0.6) is 0 Å². The minimum atomic E-state index is 0.0494. The molecule has 0 unspecified atom stereocenters. The summed E-state index contributed by atoms with van der Waals surface area (Å²) in [5, 5.41) is 2.31. The van der Waals surface area contributed by atoms with E-state index >= 15 is 0 Å². The fourth-order valence-electron chi connectivity index (χ4n) is 6.14. The number of furan rings is 1. The van der Waals surface area contributed by atoms with Gasteiger partial charge in [0.25, 0.3) is 0 Å². The van der Waals surface area contributed by atoms with Crippen LogP contribution in [0.2, 0.25) is 0 Å². The molecule has 0 spiro atoms. The number of allylic oxidation sites excluding steroid dienone is 1. The van der Waals surface area contributed by atoms with Gasteiger partial charge in [-0.05, 0) is 59.7 Å². The van der Waals surface area contributed by atoms with E-state index in [1.165, 1.54) is 33.5 Å². The van der Waals surface area contributed by atoms with Gasteiger partial charge in [0.05, 0.1) is 5.56 Å². The zero-order valence-corrected chi connectivity index (χ0v) is 23.4. The van der Waals surface area contributed by atoms with Gasteiger partial charge in [-0.2, -0.15) is 9.13 Å². The Hall–Kier alpha value is -4.50. The lowest BCUT2D eigenvalue weighted by Gasteiger charge is -2.20. The van der Waals surface area contributed by atoms with Crippen molar-refractivity contribution in [2.75, 3.05) is 0 Å². The number of hydrogen-bond acceptors (Lipinski definition) is 1. The van der Waals surface area contributed by atoms with Crippen molar-refractivity contribution in [1.82, 2.24) is 0 Å². The Balaban J connectivity index is 1.50. The Morgan fingerprint density at radius 3 is 2.38 bits per heavy atom. The van der Waals surface area contributed by atoms with E-state index in [1.807, 2.05) is 6.07 Å². The van der Waals surface area contributed by atoms with Gasteiger partial charge in [-0.3, -0.25) is 0 Å². The highest BCUT2D eigenvalue weighted by atomic mass is 16.3. The molecule has 40 heavy (non-hydrogen) atoms. The van der Waals surface area contributed by atoms with Crippen LogP contribution in [-0.2, 0) is 24.8 Å². The van der Waals surface area contributed by atoms with Crippen molar-refractivity contribution in [1.29, 1.82) is 0 Å². The van der Waals surface area contributed by atoms with E-state index < -0.39 is 0 Å². The number of benzene rings is 3. The summed E-state index contributed by atoms with van der Waals surface area (Å²) in [5.74, 6) is 0. The molecule has 0 atom stereocenters. The van der Waals surface area contributed by atoms with Crippen LogP contribution < -0.4 is 9.13 Å². The Kier molecular flexibility index (Phi) is 5.71. The molecule has 0 fully saturated rings. The van der Waals surface area contributed by atoms with Crippen LogP contribution in [0.1, 0.15) is 37.5 Å². The van der Waals surface area contributed by atoms with Gasteiger partial charge in [0.1, 0.15) is 11.2 Å². The van der Waals surface area contributed by atoms with E-state index in [1.54, 1.807) is 0 Å². The predicted octanol–water partition coefficient (Wildman–Crippen LogP) is 8.06. The molecule has 4 heterocycles. The quantitative estimate of drug-likeness (QED) is 0.185. The predicted molar refractivity (Wildman–Crippen MR) is 163 cm³/mol. The zero-order chi connectivity index (χ0) is 27.4. The van der Waals surface area contributed by atoms with E-state index in [4.69, 9.17) is 4.42 Å². The number of rotatable bonds is 0. The smallest absolute Gasteiger partial charge is 0.246 e. The minimum absolute atomic E-state index is 0.0494. The van der Waals surface area contributed by atoms with Crippen molar-refractivity contribution < 1.29 is 13.6 Å². The fraction of sp³-hybridized carbons (Fsp3) is 0.189. The Morgan fingerprint density at radius 1 is 0.725 bits per heavy atom. The molecule has 196 valence electrons. The maximum Gasteiger partial charge on any atom is 0.246 e. The average Bonchev–Trinajstić information content (AvgIpc) is 3.34. The molecule has 0 saturated heterocycles. The number of aromatic nitrogens is 2. The summed E-state index contributed by atoms with van der Waals surface area (Å²) in [6, 6.07) is 32.8. The van der Waals surface area contributed by atoms with Crippen molar-refractivity contribution in [3.8, 4) is 22.5 Å². The first kappa shape index (κ1) is 24.5. The minimum Gasteiger partial charge on any atom is -0.455 e. The number of nitrogens with zero attached hydrogens (tertiary/aromatic N) is 2. The van der Waals surface area contributed by atoms with Gasteiger partial charge in [-0.15, -0.1) is 0 Å². The number of hydrogen-bond donors (Lipinski definition) is 0. The summed E-state index contributed by atoms with van der Waals surface area (Å²) in [7, 11) is 0. The van der Waals surface area contributed by atoms with Crippen molar-refractivity contribution in [3.63, 3.8) is 0 Å². The van der Waals surface area contributed by atoms with Crippen LogP contribution in [0.25, 0.3) is 50.2 Å². The van der Waals surface area contributed by atoms with E-state index in [9.17, 15) is 0 Å². The van der Waals surface area contributed by atoms with Gasteiger partial charge in [-0.1, -0.05) is 69.3 Å². The fourth-order valence-corrected chi connectivity index (χ4v) is 6.14. The first-order valence-corrected chi connectivity index (χ1v) is 14.1. The van der Waals surface area contributed by atoms with Crippen molar-refractivity contribution in [2.45, 2.75) is 45.6 Å². The third-order valence-corrected chi connectivity index (χ3v) is 8.30. The highest BCUT2D eigenvalue weighted by molar-refractivity contribution is 6.09. The molecule has 0 radical (unpaired) electrons. The monoisotopic (exact) mass is 522 g/mol. The number of pyridine rings is 2. The second kappa shape index (κ2) is 9.31. The van der Waals surface area contributed by atoms with Gasteiger partial charge < -0.3 is 4.42 Å². The summed E-state index contributed by atoms with van der Waals surface area (Å²) in [6.45, 7) is 12.1. The van der Waals surface area contributed by atoms with E-state index in [0.29, 0.717) is 6.54 Å². The van der Waals surface area contributed by atoms with Crippen LogP contribution in [0.15, 0.2) is 114 Å². The van der Waals surface area contributed by atoms with Gasteiger partial charge in [-0.25, -0.2) is 0 Å². The van der Waals surface area contributed by atoms with Gasteiger partial charge in [0.2, 0.25) is 23.6 Å². The molecule has 0 saturated carbocycles. The lowest BCUT2D eigenvalue weighted by atomic mass is 9.86. The number of para-hydroxylation sites is 1. The van der Waals surface area contributed by atoms with Crippen LogP contribution >= 0.6 is 0 Å². The SMILES string of the molecule is C=C1C[n+]2ccccc2-c2c(ccc3c2oc2ccccc23)CCc2ccccc2-c2cc(C(C)(C)C)cc[n+]21. The lowest BCUT2D eigenvalue weighted by molar-refractivity contribution is -0.698. The molecular formula is C37H34N2O+2. The largest absolute Gasteiger partial charge is 0.455 e. The van der Waals surface area contributed by atoms with E-state index in [2.05, 4.69) is 134 Å². The molecule has 3 heteroatoms. The van der Waals surface area contributed by atoms with Gasteiger partial charge in [0, 0.05) is 40.6 Å². The summed E-state index contributed by atoms with van der Waals surface area (Å²) >= 11 is 0. The molecule has 1 aliphatic rings. The third kappa shape index (κ3) is 4.05. The maximum absolute atomic E-state index is 6.59.